The van der Waals surface area contributed by atoms with Gasteiger partial charge in [-0.25, -0.2) is 0 Å². The Labute approximate surface area is 115 Å². The van der Waals surface area contributed by atoms with E-state index in [1.54, 1.807) is 0 Å². The second kappa shape index (κ2) is 5.43. The fourth-order valence-electron chi connectivity index (χ4n) is 2.55. The Balaban J connectivity index is 2.17. The molecule has 0 saturated carbocycles. The Morgan fingerprint density at radius 1 is 1.50 bits per heavy atom. The highest BCUT2D eigenvalue weighted by Gasteiger charge is 2.35. The van der Waals surface area contributed by atoms with Gasteiger partial charge in [0.25, 0.3) is 0 Å². The summed E-state index contributed by atoms with van der Waals surface area (Å²) in [7, 11) is 0. The number of nitrogens with one attached hydrogen (secondary N) is 1. The molecule has 0 bridgehead atoms. The molecule has 2 atom stereocenters. The molecule has 3 heteroatoms. The van der Waals surface area contributed by atoms with Gasteiger partial charge in [0.1, 0.15) is 0 Å². The summed E-state index contributed by atoms with van der Waals surface area (Å²) in [6, 6.07) is 11.1. The molecule has 1 aromatic carbocycles. The van der Waals surface area contributed by atoms with E-state index in [0.717, 1.165) is 19.6 Å². The van der Waals surface area contributed by atoms with Crippen molar-refractivity contribution in [1.29, 1.82) is 0 Å². The molecule has 1 N–H and O–H groups in total. The van der Waals surface area contributed by atoms with Crippen molar-refractivity contribution < 1.29 is 0 Å². The maximum Gasteiger partial charge on any atom is 0.0535 e. The fraction of sp³-hybridized carbons (Fsp3) is 0.467. The zero-order chi connectivity index (χ0) is 13.2. The normalized spacial score (nSPS) is 29.2. The summed E-state index contributed by atoms with van der Waals surface area (Å²) in [4.78, 5) is 2.39. The summed E-state index contributed by atoms with van der Waals surface area (Å²) in [5, 5.41) is 4.36. The maximum absolute atomic E-state index is 5.96. The van der Waals surface area contributed by atoms with Gasteiger partial charge >= 0.3 is 0 Å². The van der Waals surface area contributed by atoms with Gasteiger partial charge in [0.2, 0.25) is 0 Å². The molecule has 2 unspecified atom stereocenters. The van der Waals surface area contributed by atoms with Crippen LogP contribution in [-0.2, 0) is 5.54 Å². The Morgan fingerprint density at radius 3 is 2.78 bits per heavy atom. The lowest BCUT2D eigenvalue weighted by atomic mass is 9.88. The summed E-state index contributed by atoms with van der Waals surface area (Å²) in [6.45, 7) is 10.9. The lowest BCUT2D eigenvalue weighted by Gasteiger charge is -2.45. The summed E-state index contributed by atoms with van der Waals surface area (Å²) in [5.41, 5.74) is 1.31. The van der Waals surface area contributed by atoms with Crippen LogP contribution < -0.4 is 5.32 Å². The highest BCUT2D eigenvalue weighted by Crippen LogP contribution is 2.26. The molecule has 1 fully saturated rings. The molecule has 98 valence electrons. The zero-order valence-corrected chi connectivity index (χ0v) is 11.9. The highest BCUT2D eigenvalue weighted by molar-refractivity contribution is 6.29. The fourth-order valence-corrected chi connectivity index (χ4v) is 2.70. The Hall–Kier alpha value is -0.830. The lowest BCUT2D eigenvalue weighted by molar-refractivity contribution is 0.106. The van der Waals surface area contributed by atoms with Gasteiger partial charge in [-0.2, -0.15) is 0 Å². The first-order valence-electron chi connectivity index (χ1n) is 6.39. The minimum Gasteiger partial charge on any atom is -0.305 e. The van der Waals surface area contributed by atoms with E-state index in [1.165, 1.54) is 5.56 Å². The first kappa shape index (κ1) is 13.6. The van der Waals surface area contributed by atoms with Crippen molar-refractivity contribution in [1.82, 2.24) is 10.2 Å². The minimum absolute atomic E-state index is 0.0138. The Kier molecular flexibility index (Phi) is 4.10. The van der Waals surface area contributed by atoms with E-state index in [1.807, 2.05) is 0 Å². The van der Waals surface area contributed by atoms with E-state index in [2.05, 4.69) is 61.0 Å². The molecule has 2 rings (SSSR count). The van der Waals surface area contributed by atoms with Gasteiger partial charge in [-0.3, -0.25) is 4.90 Å². The van der Waals surface area contributed by atoms with Gasteiger partial charge in [-0.05, 0) is 19.4 Å². The Morgan fingerprint density at radius 2 is 2.17 bits per heavy atom. The summed E-state index contributed by atoms with van der Waals surface area (Å²) < 4.78 is 0. The van der Waals surface area contributed by atoms with Crippen LogP contribution in [0, 0.1) is 0 Å². The molecule has 0 radical (unpaired) electrons. The van der Waals surface area contributed by atoms with Crippen molar-refractivity contribution in [2.45, 2.75) is 25.4 Å². The molecule has 1 aromatic rings. The number of hydrogen-bond donors (Lipinski definition) is 1. The van der Waals surface area contributed by atoms with E-state index in [9.17, 15) is 0 Å². The van der Waals surface area contributed by atoms with Crippen molar-refractivity contribution in [2.75, 3.05) is 19.6 Å². The molecule has 2 nitrogen and oxygen atoms in total. The quantitative estimate of drug-likeness (QED) is 0.903. The third-order valence-electron chi connectivity index (χ3n) is 3.72. The zero-order valence-electron chi connectivity index (χ0n) is 11.1. The van der Waals surface area contributed by atoms with Crippen LogP contribution in [0.2, 0.25) is 0 Å². The predicted octanol–water partition coefficient (Wildman–Crippen LogP) is 2.95. The second-order valence-electron chi connectivity index (χ2n) is 5.35. The first-order valence-corrected chi connectivity index (χ1v) is 6.77. The van der Waals surface area contributed by atoms with E-state index >= 15 is 0 Å². The molecule has 1 saturated heterocycles. The van der Waals surface area contributed by atoms with E-state index in [-0.39, 0.29) is 5.54 Å². The van der Waals surface area contributed by atoms with Crippen LogP contribution in [-0.4, -0.2) is 30.6 Å². The standard InChI is InChI=1S/C15H21ClN2/c1-12(16)10-18-11-15(3,17-9-13(18)2)14-7-5-4-6-8-14/h4-8,13,17H,1,9-11H2,2-3H3. The number of rotatable bonds is 3. The number of piperazine rings is 1. The molecule has 0 spiro atoms. The van der Waals surface area contributed by atoms with E-state index in [4.69, 9.17) is 11.6 Å². The smallest absolute Gasteiger partial charge is 0.0535 e. The molecule has 1 heterocycles. The SMILES string of the molecule is C=C(Cl)CN1CC(C)(c2ccccc2)NCC1C. The van der Waals surface area contributed by atoms with Gasteiger partial charge in [-0.15, -0.1) is 0 Å². The number of benzene rings is 1. The van der Waals surface area contributed by atoms with Gasteiger partial charge < -0.3 is 5.32 Å². The largest absolute Gasteiger partial charge is 0.305 e. The number of hydrogen-bond acceptors (Lipinski definition) is 2. The molecule has 18 heavy (non-hydrogen) atoms. The van der Waals surface area contributed by atoms with Crippen LogP contribution in [0.4, 0.5) is 0 Å². The van der Waals surface area contributed by atoms with Crippen molar-refractivity contribution in [3.8, 4) is 0 Å². The minimum atomic E-state index is -0.0138. The van der Waals surface area contributed by atoms with Crippen LogP contribution in [0.1, 0.15) is 19.4 Å². The van der Waals surface area contributed by atoms with Crippen LogP contribution in [0.5, 0.6) is 0 Å². The number of halogens is 1. The maximum atomic E-state index is 5.96. The second-order valence-corrected chi connectivity index (χ2v) is 5.88. The average Bonchev–Trinajstić information content (AvgIpc) is 2.35. The van der Waals surface area contributed by atoms with Crippen molar-refractivity contribution in [3.05, 3.63) is 47.5 Å². The molecule has 1 aliphatic heterocycles. The van der Waals surface area contributed by atoms with E-state index < -0.39 is 0 Å². The Bertz CT molecular complexity index is 418. The van der Waals surface area contributed by atoms with Gasteiger partial charge in [0.05, 0.1) is 5.54 Å². The predicted molar refractivity (Wildman–Crippen MR) is 77.8 cm³/mol. The van der Waals surface area contributed by atoms with Gasteiger partial charge in [-0.1, -0.05) is 48.5 Å². The van der Waals surface area contributed by atoms with Gasteiger partial charge in [0, 0.05) is 30.7 Å². The van der Waals surface area contributed by atoms with Crippen molar-refractivity contribution >= 4 is 11.6 Å². The third kappa shape index (κ3) is 2.94. The van der Waals surface area contributed by atoms with Crippen molar-refractivity contribution in [2.24, 2.45) is 0 Å². The summed E-state index contributed by atoms with van der Waals surface area (Å²) in [5.74, 6) is 0. The summed E-state index contributed by atoms with van der Waals surface area (Å²) in [6.07, 6.45) is 0. The molecular formula is C15H21ClN2. The topological polar surface area (TPSA) is 15.3 Å². The highest BCUT2D eigenvalue weighted by atomic mass is 35.5. The molecule has 0 amide bonds. The lowest BCUT2D eigenvalue weighted by Crippen LogP contribution is -2.60. The van der Waals surface area contributed by atoms with Crippen molar-refractivity contribution in [3.63, 3.8) is 0 Å². The average molecular weight is 265 g/mol. The van der Waals surface area contributed by atoms with Crippen LogP contribution in [0.15, 0.2) is 41.9 Å². The molecule has 0 aliphatic carbocycles. The van der Waals surface area contributed by atoms with Crippen LogP contribution in [0.25, 0.3) is 0 Å². The monoisotopic (exact) mass is 264 g/mol. The number of nitrogens with zero attached hydrogens (tertiary/aromatic N) is 1. The van der Waals surface area contributed by atoms with Crippen LogP contribution >= 0.6 is 11.6 Å². The van der Waals surface area contributed by atoms with Crippen LogP contribution in [0.3, 0.4) is 0 Å². The van der Waals surface area contributed by atoms with E-state index in [0.29, 0.717) is 11.1 Å². The molecule has 0 aromatic heterocycles. The molecular weight excluding hydrogens is 244 g/mol. The summed E-state index contributed by atoms with van der Waals surface area (Å²) >= 11 is 5.96. The third-order valence-corrected chi connectivity index (χ3v) is 3.84. The van der Waals surface area contributed by atoms with Gasteiger partial charge in [0.15, 0.2) is 0 Å². The molecule has 1 aliphatic rings. The first-order chi connectivity index (χ1) is 8.51.